The van der Waals surface area contributed by atoms with Gasteiger partial charge in [-0.25, -0.2) is 8.42 Å². The van der Waals surface area contributed by atoms with E-state index in [9.17, 15) is 36.5 Å². The van der Waals surface area contributed by atoms with Gasteiger partial charge >= 0.3 is 6.18 Å². The van der Waals surface area contributed by atoms with Gasteiger partial charge in [0, 0.05) is 12.1 Å². The van der Waals surface area contributed by atoms with Crippen molar-refractivity contribution in [3.05, 3.63) is 64.2 Å². The van der Waals surface area contributed by atoms with E-state index in [1.165, 1.54) is 18.2 Å². The largest absolute Gasteiger partial charge is 0.405 e. The van der Waals surface area contributed by atoms with Crippen LogP contribution in [0.4, 0.5) is 24.5 Å². The summed E-state index contributed by atoms with van der Waals surface area (Å²) in [6.45, 7) is 1.38. The van der Waals surface area contributed by atoms with Gasteiger partial charge in [-0.1, -0.05) is 32.0 Å². The predicted octanol–water partition coefficient (Wildman–Crippen LogP) is 3.98. The fraction of sp³-hybridized carbons (Fsp3) is 0.350. The molecule has 1 unspecified atom stereocenters. The van der Waals surface area contributed by atoms with Crippen LogP contribution in [0.5, 0.6) is 0 Å². The van der Waals surface area contributed by atoms with Gasteiger partial charge in [0.1, 0.15) is 13.1 Å². The zero-order chi connectivity index (χ0) is 24.1. The van der Waals surface area contributed by atoms with E-state index in [1.54, 1.807) is 17.4 Å². The molecule has 0 bridgehead atoms. The van der Waals surface area contributed by atoms with E-state index in [-0.39, 0.29) is 11.6 Å². The number of rotatable bonds is 9. The van der Waals surface area contributed by atoms with E-state index in [2.05, 4.69) is 0 Å². The highest BCUT2D eigenvalue weighted by Crippen LogP contribution is 2.28. The molecule has 8 nitrogen and oxygen atoms in total. The summed E-state index contributed by atoms with van der Waals surface area (Å²) in [4.78, 5) is 21.9. The second-order valence-corrected chi connectivity index (χ2v) is 8.92. The fourth-order valence-corrected chi connectivity index (χ4v) is 4.25. The van der Waals surface area contributed by atoms with Crippen LogP contribution >= 0.6 is 0 Å². The summed E-state index contributed by atoms with van der Waals surface area (Å²) in [5.41, 5.74) is 0.454. The van der Waals surface area contributed by atoms with E-state index in [0.29, 0.717) is 4.31 Å². The molecule has 0 fully saturated rings. The van der Waals surface area contributed by atoms with Crippen molar-refractivity contribution in [2.45, 2.75) is 37.3 Å². The fourth-order valence-electron chi connectivity index (χ4n) is 2.79. The number of nitro groups is 1. The number of anilines is 1. The predicted molar refractivity (Wildman–Crippen MR) is 112 cm³/mol. The maximum absolute atomic E-state index is 13.2. The average molecular weight is 473 g/mol. The molecule has 2 aromatic carbocycles. The van der Waals surface area contributed by atoms with Gasteiger partial charge in [0.25, 0.3) is 15.7 Å². The number of nitro benzene ring substituents is 1. The highest BCUT2D eigenvalue weighted by molar-refractivity contribution is 7.92. The Morgan fingerprint density at radius 2 is 1.81 bits per heavy atom. The molecule has 0 aliphatic rings. The Morgan fingerprint density at radius 3 is 2.34 bits per heavy atom. The van der Waals surface area contributed by atoms with Crippen LogP contribution in [0.1, 0.15) is 31.7 Å². The van der Waals surface area contributed by atoms with Gasteiger partial charge in [0.2, 0.25) is 5.91 Å². The normalized spacial score (nSPS) is 12.8. The number of alkyl halides is 3. The maximum Gasteiger partial charge on any atom is 0.405 e. The molecule has 2 aromatic rings. The number of hydrogen-bond donors (Lipinski definition) is 1. The monoisotopic (exact) mass is 473 g/mol. The molecular weight excluding hydrogens is 451 g/mol. The number of nitrogens with one attached hydrogen (secondary N) is 1. The minimum absolute atomic E-state index is 0.0331. The second kappa shape index (κ2) is 9.98. The third-order valence-electron chi connectivity index (χ3n) is 4.75. The Morgan fingerprint density at radius 1 is 1.19 bits per heavy atom. The highest BCUT2D eigenvalue weighted by atomic mass is 32.2. The van der Waals surface area contributed by atoms with E-state index in [0.717, 1.165) is 30.2 Å². The summed E-state index contributed by atoms with van der Waals surface area (Å²) in [6.07, 6.45) is -3.84. The quantitative estimate of drug-likeness (QED) is 0.438. The number of carbonyl (C=O) groups excluding carboxylic acids is 1. The summed E-state index contributed by atoms with van der Waals surface area (Å²) >= 11 is 0. The Hall–Kier alpha value is -3.15. The number of non-ortho nitro benzene ring substituents is 1. The molecule has 2 rings (SSSR count). The molecule has 0 aromatic heterocycles. The van der Waals surface area contributed by atoms with Gasteiger partial charge < -0.3 is 5.32 Å². The van der Waals surface area contributed by atoms with Gasteiger partial charge in [0.05, 0.1) is 15.5 Å². The Bertz CT molecular complexity index is 1070. The molecule has 12 heteroatoms. The number of sulfonamides is 1. The Balaban J connectivity index is 2.46. The molecule has 0 aliphatic carbocycles. The summed E-state index contributed by atoms with van der Waals surface area (Å²) in [5.74, 6) is -0.997. The molecule has 174 valence electrons. The number of hydrogen-bond acceptors (Lipinski definition) is 5. The van der Waals surface area contributed by atoms with E-state index >= 15 is 0 Å². The van der Waals surface area contributed by atoms with Gasteiger partial charge in [-0.05, 0) is 36.1 Å². The molecule has 0 aliphatic heterocycles. The molecule has 1 N–H and O–H groups in total. The molecular formula is C20H22F3N3O5S. The van der Waals surface area contributed by atoms with E-state index in [4.69, 9.17) is 0 Å². The summed E-state index contributed by atoms with van der Waals surface area (Å²) in [7, 11) is -4.51. The lowest BCUT2D eigenvalue weighted by molar-refractivity contribution is -0.385. The van der Waals surface area contributed by atoms with Crippen LogP contribution in [0.15, 0.2) is 53.4 Å². The lowest BCUT2D eigenvalue weighted by atomic mass is 9.99. The third kappa shape index (κ3) is 6.42. The van der Waals surface area contributed by atoms with Crippen molar-refractivity contribution in [2.24, 2.45) is 0 Å². The molecule has 0 heterocycles. The molecule has 0 saturated carbocycles. The smallest absolute Gasteiger partial charge is 0.345 e. The molecule has 1 amide bonds. The number of amides is 1. The first-order valence-corrected chi connectivity index (χ1v) is 11.0. The molecule has 32 heavy (non-hydrogen) atoms. The molecule has 0 radical (unpaired) electrons. The first-order valence-electron chi connectivity index (χ1n) is 9.55. The van der Waals surface area contributed by atoms with Crippen molar-refractivity contribution >= 4 is 27.3 Å². The van der Waals surface area contributed by atoms with Crippen molar-refractivity contribution < 1.29 is 31.3 Å². The van der Waals surface area contributed by atoms with Crippen LogP contribution in [0.3, 0.4) is 0 Å². The lowest BCUT2D eigenvalue weighted by Crippen LogP contribution is -2.43. The van der Waals surface area contributed by atoms with Crippen LogP contribution < -0.4 is 9.62 Å². The van der Waals surface area contributed by atoms with Crippen LogP contribution in [-0.2, 0) is 14.8 Å². The molecule has 1 atom stereocenters. The van der Waals surface area contributed by atoms with Gasteiger partial charge in [-0.2, -0.15) is 13.2 Å². The van der Waals surface area contributed by atoms with Crippen LogP contribution in [0.2, 0.25) is 0 Å². The first kappa shape index (κ1) is 25.1. The lowest BCUT2D eigenvalue weighted by Gasteiger charge is -2.24. The Kier molecular flexibility index (Phi) is 7.83. The first-order chi connectivity index (χ1) is 14.8. The van der Waals surface area contributed by atoms with Crippen molar-refractivity contribution in [1.82, 2.24) is 5.32 Å². The van der Waals surface area contributed by atoms with Crippen molar-refractivity contribution in [2.75, 3.05) is 17.4 Å². The minimum Gasteiger partial charge on any atom is -0.345 e. The number of halogens is 3. The zero-order valence-corrected chi connectivity index (χ0v) is 18.1. The zero-order valence-electron chi connectivity index (χ0n) is 17.3. The highest BCUT2D eigenvalue weighted by Gasteiger charge is 2.31. The summed E-state index contributed by atoms with van der Waals surface area (Å²) in [5, 5.41) is 12.7. The van der Waals surface area contributed by atoms with Gasteiger partial charge in [-0.15, -0.1) is 0 Å². The van der Waals surface area contributed by atoms with E-state index < -0.39 is 50.7 Å². The molecule has 0 spiro atoms. The Labute approximate surface area is 183 Å². The third-order valence-corrected chi connectivity index (χ3v) is 6.52. The van der Waals surface area contributed by atoms with Crippen LogP contribution in [0, 0.1) is 10.1 Å². The standard InChI is InChI=1S/C20H22F3N3O5S/c1-3-14(2)15-7-9-16(10-8-15)25(12-19(27)24-13-20(21,22)23)32(30,31)18-6-4-5-17(11-18)26(28)29/h4-11,14H,3,12-13H2,1-2H3,(H,24,27). The van der Waals surface area contributed by atoms with Crippen molar-refractivity contribution in [3.8, 4) is 0 Å². The number of nitrogens with zero attached hydrogens (tertiary/aromatic N) is 2. The van der Waals surface area contributed by atoms with Crippen LogP contribution in [-0.4, -0.2) is 38.5 Å². The number of carbonyl (C=O) groups is 1. The summed E-state index contributed by atoms with van der Waals surface area (Å²) < 4.78 is 64.4. The minimum atomic E-state index is -4.67. The van der Waals surface area contributed by atoms with Crippen LogP contribution in [0.25, 0.3) is 0 Å². The van der Waals surface area contributed by atoms with Gasteiger partial charge in [-0.3, -0.25) is 19.2 Å². The topological polar surface area (TPSA) is 110 Å². The maximum atomic E-state index is 13.2. The number of benzene rings is 2. The average Bonchev–Trinajstić information content (AvgIpc) is 2.75. The van der Waals surface area contributed by atoms with E-state index in [1.807, 2.05) is 13.8 Å². The second-order valence-electron chi connectivity index (χ2n) is 7.06. The molecule has 0 saturated heterocycles. The van der Waals surface area contributed by atoms with Crippen molar-refractivity contribution in [1.29, 1.82) is 0 Å². The summed E-state index contributed by atoms with van der Waals surface area (Å²) in [6, 6.07) is 10.4. The van der Waals surface area contributed by atoms with Gasteiger partial charge in [0.15, 0.2) is 0 Å². The van der Waals surface area contributed by atoms with Crippen molar-refractivity contribution in [3.63, 3.8) is 0 Å². The SMILES string of the molecule is CCC(C)c1ccc(N(CC(=O)NCC(F)(F)F)S(=O)(=O)c2cccc([N+](=O)[O-])c2)cc1.